The van der Waals surface area contributed by atoms with Crippen molar-refractivity contribution in [3.8, 4) is 0 Å². The van der Waals surface area contributed by atoms with E-state index in [1.165, 1.54) is 12.8 Å². The van der Waals surface area contributed by atoms with Crippen LogP contribution in [-0.4, -0.2) is 25.6 Å². The van der Waals surface area contributed by atoms with Gasteiger partial charge in [-0.1, -0.05) is 12.2 Å². The molecule has 28 heavy (non-hydrogen) atoms. The van der Waals surface area contributed by atoms with E-state index in [0.29, 0.717) is 25.3 Å². The molecule has 1 N–H and O–H groups in total. The van der Waals surface area contributed by atoms with Gasteiger partial charge in [0.25, 0.3) is 0 Å². The summed E-state index contributed by atoms with van der Waals surface area (Å²) in [5.41, 5.74) is 3.32. The standard InChI is InChI=1S/C22H23N3O2S/c1-13-11-14(2)23-20-18(13)24-19(15-5-6-15)25(20)12-16-7-8-17(28-16)22(21(26)27)9-3-4-10-22/h3-4,7-8,11,15H,5-6,9-10,12H2,1-2H3,(H,26,27). The normalized spacial score (nSPS) is 18.2. The summed E-state index contributed by atoms with van der Waals surface area (Å²) < 4.78 is 2.25. The number of hydrogen-bond acceptors (Lipinski definition) is 4. The third-order valence-electron chi connectivity index (χ3n) is 5.95. The predicted molar refractivity (Wildman–Crippen MR) is 110 cm³/mol. The van der Waals surface area contributed by atoms with Crippen molar-refractivity contribution in [1.82, 2.24) is 14.5 Å². The van der Waals surface area contributed by atoms with E-state index < -0.39 is 11.4 Å². The highest BCUT2D eigenvalue weighted by molar-refractivity contribution is 7.12. The number of hydrogen-bond donors (Lipinski definition) is 1. The molecule has 144 valence electrons. The fraction of sp³-hybridized carbons (Fsp3) is 0.409. The van der Waals surface area contributed by atoms with E-state index >= 15 is 0 Å². The van der Waals surface area contributed by atoms with Crippen molar-refractivity contribution in [3.63, 3.8) is 0 Å². The molecule has 0 radical (unpaired) electrons. The molecule has 0 atom stereocenters. The first-order chi connectivity index (χ1) is 13.5. The van der Waals surface area contributed by atoms with Crippen LogP contribution in [0.3, 0.4) is 0 Å². The van der Waals surface area contributed by atoms with Crippen molar-refractivity contribution in [1.29, 1.82) is 0 Å². The number of rotatable bonds is 5. The summed E-state index contributed by atoms with van der Waals surface area (Å²) >= 11 is 1.62. The van der Waals surface area contributed by atoms with Gasteiger partial charge in [0.05, 0.1) is 6.54 Å². The number of aromatic nitrogens is 3. The summed E-state index contributed by atoms with van der Waals surface area (Å²) in [5, 5.41) is 9.85. The third-order valence-corrected chi connectivity index (χ3v) is 7.22. The molecule has 1 fully saturated rings. The van der Waals surface area contributed by atoms with Crippen LogP contribution in [0.25, 0.3) is 11.2 Å². The highest BCUT2D eigenvalue weighted by atomic mass is 32.1. The highest BCUT2D eigenvalue weighted by Crippen LogP contribution is 2.43. The second-order valence-electron chi connectivity index (χ2n) is 8.12. The predicted octanol–water partition coefficient (Wildman–Crippen LogP) is 4.71. The number of fused-ring (bicyclic) bond motifs is 1. The average molecular weight is 394 g/mol. The first kappa shape index (κ1) is 17.6. The molecule has 2 aliphatic rings. The van der Waals surface area contributed by atoms with Gasteiger partial charge in [0.2, 0.25) is 0 Å². The molecule has 2 aliphatic carbocycles. The van der Waals surface area contributed by atoms with E-state index in [1.54, 1.807) is 11.3 Å². The van der Waals surface area contributed by atoms with Crippen molar-refractivity contribution in [2.45, 2.75) is 57.4 Å². The summed E-state index contributed by atoms with van der Waals surface area (Å²) in [6, 6.07) is 6.17. The maximum absolute atomic E-state index is 12.0. The molecule has 6 heteroatoms. The smallest absolute Gasteiger partial charge is 0.315 e. The Labute approximate surface area is 167 Å². The van der Waals surface area contributed by atoms with Crippen LogP contribution in [0.5, 0.6) is 0 Å². The Morgan fingerprint density at radius 1 is 1.25 bits per heavy atom. The van der Waals surface area contributed by atoms with Gasteiger partial charge in [-0.15, -0.1) is 11.3 Å². The minimum absolute atomic E-state index is 0.526. The molecule has 3 aromatic rings. The lowest BCUT2D eigenvalue weighted by Gasteiger charge is -2.22. The van der Waals surface area contributed by atoms with E-state index in [2.05, 4.69) is 23.6 Å². The molecule has 0 spiro atoms. The number of pyridine rings is 1. The van der Waals surface area contributed by atoms with Gasteiger partial charge in [-0.2, -0.15) is 0 Å². The summed E-state index contributed by atoms with van der Waals surface area (Å²) in [7, 11) is 0. The molecular weight excluding hydrogens is 370 g/mol. The Morgan fingerprint density at radius 3 is 2.68 bits per heavy atom. The van der Waals surface area contributed by atoms with Crippen LogP contribution >= 0.6 is 11.3 Å². The fourth-order valence-corrected chi connectivity index (χ4v) is 5.44. The van der Waals surface area contributed by atoms with Crippen molar-refractivity contribution in [2.75, 3.05) is 0 Å². The van der Waals surface area contributed by atoms with Crippen molar-refractivity contribution in [2.24, 2.45) is 0 Å². The maximum Gasteiger partial charge on any atom is 0.315 e. The molecule has 0 unspecified atom stereocenters. The Morgan fingerprint density at radius 2 is 2.00 bits per heavy atom. The van der Waals surface area contributed by atoms with Crippen LogP contribution in [0.1, 0.15) is 58.4 Å². The lowest BCUT2D eigenvalue weighted by atomic mass is 9.84. The van der Waals surface area contributed by atoms with E-state index in [-0.39, 0.29) is 0 Å². The zero-order valence-corrected chi connectivity index (χ0v) is 16.9. The van der Waals surface area contributed by atoms with Gasteiger partial charge >= 0.3 is 5.97 Å². The zero-order chi connectivity index (χ0) is 19.5. The minimum Gasteiger partial charge on any atom is -0.481 e. The van der Waals surface area contributed by atoms with Crippen molar-refractivity contribution < 1.29 is 9.90 Å². The van der Waals surface area contributed by atoms with Crippen LogP contribution in [0.4, 0.5) is 0 Å². The topological polar surface area (TPSA) is 68.0 Å². The van der Waals surface area contributed by atoms with Crippen LogP contribution in [0.2, 0.25) is 0 Å². The molecule has 3 heterocycles. The second kappa shape index (κ2) is 6.27. The van der Waals surface area contributed by atoms with Crippen LogP contribution in [-0.2, 0) is 16.8 Å². The van der Waals surface area contributed by atoms with Crippen molar-refractivity contribution in [3.05, 3.63) is 57.2 Å². The summed E-state index contributed by atoms with van der Waals surface area (Å²) in [6.45, 7) is 4.82. The maximum atomic E-state index is 12.0. The van der Waals surface area contributed by atoms with Gasteiger partial charge in [-0.25, -0.2) is 9.97 Å². The van der Waals surface area contributed by atoms with E-state index in [1.807, 2.05) is 25.1 Å². The number of aryl methyl sites for hydroxylation is 2. The van der Waals surface area contributed by atoms with Gasteiger partial charge < -0.3 is 9.67 Å². The van der Waals surface area contributed by atoms with Crippen molar-refractivity contribution >= 4 is 28.5 Å². The van der Waals surface area contributed by atoms with Gasteiger partial charge in [-0.3, -0.25) is 4.79 Å². The highest BCUT2D eigenvalue weighted by Gasteiger charge is 2.42. The molecule has 0 aromatic carbocycles. The van der Waals surface area contributed by atoms with Crippen LogP contribution < -0.4 is 0 Å². The molecule has 0 aliphatic heterocycles. The fourth-order valence-electron chi connectivity index (χ4n) is 4.24. The average Bonchev–Trinajstić information content (AvgIpc) is 3.07. The second-order valence-corrected chi connectivity index (χ2v) is 9.28. The van der Waals surface area contributed by atoms with Gasteiger partial charge in [-0.05, 0) is 63.3 Å². The summed E-state index contributed by atoms with van der Waals surface area (Å²) in [6.07, 6.45) is 7.48. The van der Waals surface area contributed by atoms with Gasteiger partial charge in [0.15, 0.2) is 5.65 Å². The quantitative estimate of drug-likeness (QED) is 0.638. The van der Waals surface area contributed by atoms with Crippen LogP contribution in [0, 0.1) is 13.8 Å². The first-order valence-corrected chi connectivity index (χ1v) is 10.6. The van der Waals surface area contributed by atoms with Gasteiger partial charge in [0, 0.05) is 21.4 Å². The third kappa shape index (κ3) is 2.70. The number of allylic oxidation sites excluding steroid dienone is 2. The molecule has 3 aromatic heterocycles. The molecular formula is C22H23N3O2S. The lowest BCUT2D eigenvalue weighted by Crippen LogP contribution is -2.31. The zero-order valence-electron chi connectivity index (χ0n) is 16.1. The molecule has 0 saturated heterocycles. The van der Waals surface area contributed by atoms with E-state index in [4.69, 9.17) is 9.97 Å². The molecule has 0 bridgehead atoms. The molecule has 1 saturated carbocycles. The first-order valence-electron chi connectivity index (χ1n) is 9.80. The van der Waals surface area contributed by atoms with Gasteiger partial charge in [0.1, 0.15) is 16.8 Å². The molecule has 0 amide bonds. The Hall–Kier alpha value is -2.47. The number of carboxylic acid groups (broad SMARTS) is 1. The SMILES string of the molecule is Cc1cc(C)c2nc(C3CC3)n(Cc3ccc(C4(C(=O)O)CC=CC4)s3)c2n1. The van der Waals surface area contributed by atoms with Crippen LogP contribution in [0.15, 0.2) is 30.4 Å². The Kier molecular flexibility index (Phi) is 3.95. The number of carbonyl (C=O) groups is 1. The number of nitrogens with zero attached hydrogens (tertiary/aromatic N) is 3. The number of thiophene rings is 1. The summed E-state index contributed by atoms with van der Waals surface area (Å²) in [4.78, 5) is 23.8. The largest absolute Gasteiger partial charge is 0.481 e. The Bertz CT molecular complexity index is 1110. The van der Waals surface area contributed by atoms with E-state index in [0.717, 1.165) is 38.0 Å². The minimum atomic E-state index is -0.787. The molecule has 5 nitrogen and oxygen atoms in total. The monoisotopic (exact) mass is 393 g/mol. The number of aliphatic carboxylic acids is 1. The van der Waals surface area contributed by atoms with E-state index in [9.17, 15) is 9.90 Å². The Balaban J connectivity index is 1.55. The molecule has 5 rings (SSSR count). The number of imidazole rings is 1. The number of carboxylic acids is 1. The lowest BCUT2D eigenvalue weighted by molar-refractivity contribution is -0.143. The summed E-state index contributed by atoms with van der Waals surface area (Å²) in [5.74, 6) is 0.921.